The van der Waals surface area contributed by atoms with Gasteiger partial charge in [-0.1, -0.05) is 0 Å². The maximum atomic E-state index is 13.4. The molecule has 0 aliphatic rings. The molecule has 0 aliphatic carbocycles. The van der Waals surface area contributed by atoms with Gasteiger partial charge in [-0.15, -0.1) is 0 Å². The second-order valence-corrected chi connectivity index (χ2v) is 3.13. The van der Waals surface area contributed by atoms with Gasteiger partial charge in [0, 0.05) is 6.07 Å². The minimum atomic E-state index is -5.01. The van der Waals surface area contributed by atoms with Crippen LogP contribution in [0, 0.1) is 15.9 Å². The van der Waals surface area contributed by atoms with E-state index in [0.29, 0.717) is 6.07 Å². The molecule has 0 aromatic heterocycles. The molecule has 17 heavy (non-hydrogen) atoms. The summed E-state index contributed by atoms with van der Waals surface area (Å²) in [7, 11) is 0. The van der Waals surface area contributed by atoms with E-state index in [-0.39, 0.29) is 6.07 Å². The second-order valence-electron chi connectivity index (χ2n) is 3.13. The van der Waals surface area contributed by atoms with Crippen molar-refractivity contribution in [3.05, 3.63) is 39.2 Å². The summed E-state index contributed by atoms with van der Waals surface area (Å²) in [6, 6.07) is 0.697. The van der Waals surface area contributed by atoms with Crippen molar-refractivity contribution in [3.8, 4) is 0 Å². The molecule has 0 saturated carbocycles. The number of nitro benzene ring substituents is 1. The van der Waals surface area contributed by atoms with Gasteiger partial charge in [0.25, 0.3) is 5.69 Å². The van der Waals surface area contributed by atoms with E-state index in [4.69, 9.17) is 0 Å². The van der Waals surface area contributed by atoms with Crippen molar-refractivity contribution in [2.24, 2.45) is 0 Å². The first-order valence-electron chi connectivity index (χ1n) is 4.21. The van der Waals surface area contributed by atoms with Crippen molar-refractivity contribution < 1.29 is 27.3 Å². The molecule has 1 rings (SSSR count). The summed E-state index contributed by atoms with van der Waals surface area (Å²) in [4.78, 5) is 20.3. The van der Waals surface area contributed by atoms with E-state index in [1.165, 1.54) is 0 Å². The van der Waals surface area contributed by atoms with Crippen molar-refractivity contribution in [3.63, 3.8) is 0 Å². The van der Waals surface area contributed by atoms with E-state index in [9.17, 15) is 32.5 Å². The number of ketones is 1. The van der Waals surface area contributed by atoms with Gasteiger partial charge in [-0.25, -0.2) is 4.39 Å². The number of Topliss-reactive ketones (excluding diaryl/α,β-unsaturated/α-hetero) is 1. The fourth-order valence-electron chi connectivity index (χ4n) is 1.27. The standard InChI is InChI=1S/C9H5F4NO3/c1-4(15)7-6(14(16)17)3-2-5(8(7)10)9(11,12)13/h2-3H,1H3. The molecule has 0 fully saturated rings. The Hall–Kier alpha value is -1.99. The molecule has 0 heterocycles. The Morgan fingerprint density at radius 2 is 1.88 bits per heavy atom. The van der Waals surface area contributed by atoms with E-state index >= 15 is 0 Å². The smallest absolute Gasteiger partial charge is 0.294 e. The van der Waals surface area contributed by atoms with Gasteiger partial charge in [-0.3, -0.25) is 14.9 Å². The third-order valence-corrected chi connectivity index (χ3v) is 1.97. The molecule has 0 aliphatic heterocycles. The molecule has 0 amide bonds. The molecule has 92 valence electrons. The molecule has 4 nitrogen and oxygen atoms in total. The van der Waals surface area contributed by atoms with Crippen LogP contribution in [0.25, 0.3) is 0 Å². The zero-order valence-electron chi connectivity index (χ0n) is 8.34. The quantitative estimate of drug-likeness (QED) is 0.351. The number of carbonyl (C=O) groups is 1. The van der Waals surface area contributed by atoms with Crippen molar-refractivity contribution >= 4 is 11.5 Å². The summed E-state index contributed by atoms with van der Waals surface area (Å²) in [5, 5.41) is 10.4. The first-order valence-corrected chi connectivity index (χ1v) is 4.21. The Kier molecular flexibility index (Phi) is 3.16. The molecule has 0 N–H and O–H groups in total. The molecule has 0 atom stereocenters. The Morgan fingerprint density at radius 3 is 2.24 bits per heavy atom. The van der Waals surface area contributed by atoms with E-state index in [0.717, 1.165) is 6.92 Å². The fraction of sp³-hybridized carbons (Fsp3) is 0.222. The normalized spacial score (nSPS) is 11.4. The van der Waals surface area contributed by atoms with Crippen LogP contribution in [0.4, 0.5) is 23.2 Å². The van der Waals surface area contributed by atoms with Gasteiger partial charge >= 0.3 is 6.18 Å². The van der Waals surface area contributed by atoms with Gasteiger partial charge < -0.3 is 0 Å². The zero-order valence-corrected chi connectivity index (χ0v) is 8.34. The van der Waals surface area contributed by atoms with Gasteiger partial charge in [-0.05, 0) is 13.0 Å². The summed E-state index contributed by atoms with van der Waals surface area (Å²) in [5.74, 6) is -3.06. The van der Waals surface area contributed by atoms with E-state index < -0.39 is 39.5 Å². The van der Waals surface area contributed by atoms with E-state index in [1.807, 2.05) is 0 Å². The van der Waals surface area contributed by atoms with Crippen LogP contribution in [-0.4, -0.2) is 10.7 Å². The molecule has 0 saturated heterocycles. The summed E-state index contributed by atoms with van der Waals surface area (Å²) in [6.45, 7) is 0.756. The topological polar surface area (TPSA) is 60.2 Å². The zero-order chi connectivity index (χ0) is 13.4. The Labute approximate surface area is 92.0 Å². The van der Waals surface area contributed by atoms with Crippen LogP contribution < -0.4 is 0 Å². The highest BCUT2D eigenvalue weighted by Gasteiger charge is 2.38. The van der Waals surface area contributed by atoms with Crippen molar-refractivity contribution in [1.82, 2.24) is 0 Å². The number of halogens is 4. The predicted molar refractivity (Wildman–Crippen MR) is 48.1 cm³/mol. The molecule has 0 radical (unpaired) electrons. The summed E-state index contributed by atoms with van der Waals surface area (Å²) < 4.78 is 50.3. The highest BCUT2D eigenvalue weighted by molar-refractivity contribution is 5.98. The van der Waals surface area contributed by atoms with Gasteiger partial charge in [0.1, 0.15) is 5.56 Å². The number of hydrogen-bond acceptors (Lipinski definition) is 3. The predicted octanol–water partition coefficient (Wildman–Crippen LogP) is 2.96. The maximum absolute atomic E-state index is 13.4. The minimum absolute atomic E-state index is 0.236. The number of alkyl halides is 3. The first-order chi connectivity index (χ1) is 7.66. The monoisotopic (exact) mass is 251 g/mol. The third-order valence-electron chi connectivity index (χ3n) is 1.97. The Bertz CT molecular complexity index is 496. The number of rotatable bonds is 2. The summed E-state index contributed by atoms with van der Waals surface area (Å²) in [5.41, 5.74) is -3.85. The van der Waals surface area contributed by atoms with Gasteiger partial charge in [-0.2, -0.15) is 13.2 Å². The average Bonchev–Trinajstić information content (AvgIpc) is 2.13. The lowest BCUT2D eigenvalue weighted by molar-refractivity contribution is -0.385. The van der Waals surface area contributed by atoms with Crippen LogP contribution in [0.3, 0.4) is 0 Å². The minimum Gasteiger partial charge on any atom is -0.294 e. The van der Waals surface area contributed by atoms with Gasteiger partial charge in [0.15, 0.2) is 11.6 Å². The highest BCUT2D eigenvalue weighted by Crippen LogP contribution is 2.35. The van der Waals surface area contributed by atoms with Crippen molar-refractivity contribution in [2.75, 3.05) is 0 Å². The third kappa shape index (κ3) is 2.40. The van der Waals surface area contributed by atoms with Gasteiger partial charge in [0.2, 0.25) is 0 Å². The number of carbonyl (C=O) groups excluding carboxylic acids is 1. The Morgan fingerprint density at radius 1 is 1.35 bits per heavy atom. The molecular weight excluding hydrogens is 246 g/mol. The molecule has 0 spiro atoms. The van der Waals surface area contributed by atoms with E-state index in [2.05, 4.69) is 0 Å². The Balaban J connectivity index is 3.61. The van der Waals surface area contributed by atoms with Crippen LogP contribution in [0.15, 0.2) is 12.1 Å². The first kappa shape index (κ1) is 13.1. The number of benzene rings is 1. The second kappa shape index (κ2) is 4.11. The molecule has 0 bridgehead atoms. The van der Waals surface area contributed by atoms with Crippen LogP contribution in [0.5, 0.6) is 0 Å². The lowest BCUT2D eigenvalue weighted by Gasteiger charge is -2.09. The fourth-order valence-corrected chi connectivity index (χ4v) is 1.27. The molecule has 0 unspecified atom stereocenters. The van der Waals surface area contributed by atoms with Gasteiger partial charge in [0.05, 0.1) is 10.5 Å². The number of nitro groups is 1. The van der Waals surface area contributed by atoms with Crippen molar-refractivity contribution in [2.45, 2.75) is 13.1 Å². The molecule has 1 aromatic rings. The van der Waals surface area contributed by atoms with Crippen LogP contribution in [0.1, 0.15) is 22.8 Å². The lowest BCUT2D eigenvalue weighted by Crippen LogP contribution is -2.13. The van der Waals surface area contributed by atoms with Crippen LogP contribution >= 0.6 is 0 Å². The number of nitrogens with zero attached hydrogens (tertiary/aromatic N) is 1. The summed E-state index contributed by atoms with van der Waals surface area (Å²) in [6.07, 6.45) is -5.01. The average molecular weight is 251 g/mol. The van der Waals surface area contributed by atoms with Crippen LogP contribution in [-0.2, 0) is 6.18 Å². The number of hydrogen-bond donors (Lipinski definition) is 0. The molecular formula is C9H5F4NO3. The van der Waals surface area contributed by atoms with Crippen molar-refractivity contribution in [1.29, 1.82) is 0 Å². The van der Waals surface area contributed by atoms with E-state index in [1.54, 1.807) is 0 Å². The largest absolute Gasteiger partial charge is 0.419 e. The summed E-state index contributed by atoms with van der Waals surface area (Å²) >= 11 is 0. The molecule has 8 heteroatoms. The maximum Gasteiger partial charge on any atom is 0.419 e. The highest BCUT2D eigenvalue weighted by atomic mass is 19.4. The lowest BCUT2D eigenvalue weighted by atomic mass is 10.0. The SMILES string of the molecule is CC(=O)c1c([N+](=O)[O-])ccc(C(F)(F)F)c1F. The molecule has 1 aromatic carbocycles. The van der Waals surface area contributed by atoms with Crippen LogP contribution in [0.2, 0.25) is 0 Å².